The fourth-order valence-corrected chi connectivity index (χ4v) is 1.85. The van der Waals surface area contributed by atoms with E-state index in [0.717, 1.165) is 6.07 Å². The van der Waals surface area contributed by atoms with E-state index in [4.69, 9.17) is 5.26 Å². The number of nitro groups is 1. The lowest BCUT2D eigenvalue weighted by Crippen LogP contribution is -2.07. The Balaban J connectivity index is 2.23. The van der Waals surface area contributed by atoms with Crippen LogP contribution in [-0.2, 0) is 6.54 Å². The highest BCUT2D eigenvalue weighted by molar-refractivity contribution is 5.59. The first-order valence-electron chi connectivity index (χ1n) is 6.05. The maximum Gasteiger partial charge on any atom is 0.314 e. The molecule has 0 aliphatic rings. The third kappa shape index (κ3) is 3.12. The largest absolute Gasteiger partial charge is 0.360 e. The lowest BCUT2D eigenvalue weighted by molar-refractivity contribution is -0.384. The number of halogens is 1. The molecule has 0 amide bonds. The Bertz CT molecular complexity index is 740. The fraction of sp³-hybridized carbons (Fsp3) is 0.143. The lowest BCUT2D eigenvalue weighted by Gasteiger charge is -2.08. The number of aryl methyl sites for hydroxylation is 1. The van der Waals surface area contributed by atoms with E-state index in [2.05, 4.69) is 10.3 Å². The molecule has 0 aliphatic carbocycles. The molecule has 6 nitrogen and oxygen atoms in total. The SMILES string of the molecule is Cc1ccnc(NCc2ccc(C#N)cc2F)c1[N+](=O)[O-]. The van der Waals surface area contributed by atoms with E-state index >= 15 is 0 Å². The molecule has 0 saturated heterocycles. The number of anilines is 1. The van der Waals surface area contributed by atoms with Gasteiger partial charge in [-0.1, -0.05) is 6.07 Å². The normalized spacial score (nSPS) is 9.95. The lowest BCUT2D eigenvalue weighted by atomic mass is 10.1. The number of hydrogen-bond donors (Lipinski definition) is 1. The minimum absolute atomic E-state index is 0.0365. The van der Waals surface area contributed by atoms with Crippen molar-refractivity contribution < 1.29 is 9.31 Å². The van der Waals surface area contributed by atoms with Gasteiger partial charge in [0, 0.05) is 23.9 Å². The minimum atomic E-state index is -0.545. The van der Waals surface area contributed by atoms with E-state index in [1.807, 2.05) is 6.07 Å². The molecule has 0 aliphatic heterocycles. The van der Waals surface area contributed by atoms with Crippen molar-refractivity contribution in [2.75, 3.05) is 5.32 Å². The Morgan fingerprint density at radius 3 is 2.86 bits per heavy atom. The molecule has 106 valence electrons. The van der Waals surface area contributed by atoms with Crippen LogP contribution >= 0.6 is 0 Å². The molecule has 0 saturated carbocycles. The van der Waals surface area contributed by atoms with Gasteiger partial charge in [0.15, 0.2) is 0 Å². The quantitative estimate of drug-likeness (QED) is 0.689. The Morgan fingerprint density at radius 1 is 1.48 bits per heavy atom. The molecule has 0 atom stereocenters. The van der Waals surface area contributed by atoms with Gasteiger partial charge in [0.2, 0.25) is 5.82 Å². The molecular weight excluding hydrogens is 275 g/mol. The molecule has 0 fully saturated rings. The van der Waals surface area contributed by atoms with Crippen LogP contribution < -0.4 is 5.32 Å². The topological polar surface area (TPSA) is 91.8 Å². The number of nitrogens with one attached hydrogen (secondary N) is 1. The number of benzene rings is 1. The summed E-state index contributed by atoms with van der Waals surface area (Å²) in [5.41, 5.74) is 0.854. The number of aromatic nitrogens is 1. The fourth-order valence-electron chi connectivity index (χ4n) is 1.85. The number of pyridine rings is 1. The smallest absolute Gasteiger partial charge is 0.314 e. The minimum Gasteiger partial charge on any atom is -0.360 e. The molecule has 1 heterocycles. The van der Waals surface area contributed by atoms with Crippen LogP contribution in [0.15, 0.2) is 30.5 Å². The Kier molecular flexibility index (Phi) is 4.09. The zero-order chi connectivity index (χ0) is 15.4. The maximum atomic E-state index is 13.7. The second-order valence-corrected chi connectivity index (χ2v) is 4.35. The van der Waals surface area contributed by atoms with Crippen molar-refractivity contribution >= 4 is 11.5 Å². The van der Waals surface area contributed by atoms with Crippen LogP contribution in [0.4, 0.5) is 15.9 Å². The van der Waals surface area contributed by atoms with Crippen molar-refractivity contribution in [1.29, 1.82) is 5.26 Å². The first-order chi connectivity index (χ1) is 10.0. The van der Waals surface area contributed by atoms with Crippen LogP contribution in [0.25, 0.3) is 0 Å². The molecule has 7 heteroatoms. The average Bonchev–Trinajstić information content (AvgIpc) is 2.45. The molecule has 21 heavy (non-hydrogen) atoms. The molecule has 0 unspecified atom stereocenters. The highest BCUT2D eigenvalue weighted by atomic mass is 19.1. The summed E-state index contributed by atoms with van der Waals surface area (Å²) in [4.78, 5) is 14.4. The van der Waals surface area contributed by atoms with Gasteiger partial charge in [0.25, 0.3) is 0 Å². The third-order valence-corrected chi connectivity index (χ3v) is 2.94. The first-order valence-corrected chi connectivity index (χ1v) is 6.05. The summed E-state index contributed by atoms with van der Waals surface area (Å²) >= 11 is 0. The van der Waals surface area contributed by atoms with E-state index in [1.54, 1.807) is 6.92 Å². The van der Waals surface area contributed by atoms with Crippen LogP contribution in [0, 0.1) is 34.2 Å². The molecule has 1 aromatic heterocycles. The van der Waals surface area contributed by atoms with Gasteiger partial charge in [0.1, 0.15) is 5.82 Å². The van der Waals surface area contributed by atoms with E-state index in [0.29, 0.717) is 11.1 Å². The summed E-state index contributed by atoms with van der Waals surface area (Å²) in [5.74, 6) is -0.458. The monoisotopic (exact) mass is 286 g/mol. The van der Waals surface area contributed by atoms with Crippen LogP contribution in [0.3, 0.4) is 0 Å². The maximum absolute atomic E-state index is 13.7. The zero-order valence-electron chi connectivity index (χ0n) is 11.1. The zero-order valence-corrected chi connectivity index (χ0v) is 11.1. The summed E-state index contributed by atoms with van der Waals surface area (Å²) in [7, 11) is 0. The summed E-state index contributed by atoms with van der Waals surface area (Å²) in [6.45, 7) is 1.64. The highest BCUT2D eigenvalue weighted by Crippen LogP contribution is 2.26. The van der Waals surface area contributed by atoms with Crippen LogP contribution in [0.1, 0.15) is 16.7 Å². The average molecular weight is 286 g/mol. The van der Waals surface area contributed by atoms with Gasteiger partial charge in [-0.05, 0) is 25.1 Å². The molecule has 0 bridgehead atoms. The van der Waals surface area contributed by atoms with Crippen molar-refractivity contribution in [3.05, 3.63) is 63.1 Å². The second kappa shape index (κ2) is 5.96. The van der Waals surface area contributed by atoms with Gasteiger partial charge in [-0.3, -0.25) is 10.1 Å². The molecule has 1 aromatic carbocycles. The van der Waals surface area contributed by atoms with Gasteiger partial charge in [-0.25, -0.2) is 9.37 Å². The second-order valence-electron chi connectivity index (χ2n) is 4.35. The van der Waals surface area contributed by atoms with Gasteiger partial charge in [-0.15, -0.1) is 0 Å². The van der Waals surface area contributed by atoms with Crippen molar-refractivity contribution in [3.8, 4) is 6.07 Å². The van der Waals surface area contributed by atoms with Gasteiger partial charge < -0.3 is 5.32 Å². The van der Waals surface area contributed by atoms with E-state index < -0.39 is 10.7 Å². The Morgan fingerprint density at radius 2 is 2.24 bits per heavy atom. The summed E-state index contributed by atoms with van der Waals surface area (Å²) < 4.78 is 13.7. The predicted octanol–water partition coefficient (Wildman–Crippen LogP) is 2.92. The molecule has 2 rings (SSSR count). The summed E-state index contributed by atoms with van der Waals surface area (Å²) in [6, 6.07) is 7.44. The molecule has 0 radical (unpaired) electrons. The van der Waals surface area contributed by atoms with Crippen molar-refractivity contribution in [2.24, 2.45) is 0 Å². The molecule has 1 N–H and O–H groups in total. The summed E-state index contributed by atoms with van der Waals surface area (Å²) in [5, 5.41) is 22.4. The van der Waals surface area contributed by atoms with Gasteiger partial charge in [0.05, 0.1) is 16.6 Å². The van der Waals surface area contributed by atoms with Crippen molar-refractivity contribution in [1.82, 2.24) is 4.98 Å². The Hall–Kier alpha value is -3.01. The molecular formula is C14H11FN4O2. The number of nitrogens with zero attached hydrogens (tertiary/aromatic N) is 3. The number of nitriles is 1. The van der Waals surface area contributed by atoms with E-state index in [-0.39, 0.29) is 23.6 Å². The van der Waals surface area contributed by atoms with Crippen LogP contribution in [0.2, 0.25) is 0 Å². The van der Waals surface area contributed by atoms with Crippen molar-refractivity contribution in [3.63, 3.8) is 0 Å². The van der Waals surface area contributed by atoms with E-state index in [1.165, 1.54) is 24.4 Å². The predicted molar refractivity (Wildman–Crippen MR) is 74.1 cm³/mol. The molecule has 2 aromatic rings. The third-order valence-electron chi connectivity index (χ3n) is 2.94. The van der Waals surface area contributed by atoms with E-state index in [9.17, 15) is 14.5 Å². The first kappa shape index (κ1) is 14.4. The number of hydrogen-bond acceptors (Lipinski definition) is 5. The van der Waals surface area contributed by atoms with Crippen LogP contribution in [0.5, 0.6) is 0 Å². The van der Waals surface area contributed by atoms with Crippen LogP contribution in [-0.4, -0.2) is 9.91 Å². The van der Waals surface area contributed by atoms with Crippen molar-refractivity contribution in [2.45, 2.75) is 13.5 Å². The van der Waals surface area contributed by atoms with Gasteiger partial charge >= 0.3 is 5.69 Å². The Labute approximate surface area is 120 Å². The van der Waals surface area contributed by atoms with Gasteiger partial charge in [-0.2, -0.15) is 5.26 Å². The number of rotatable bonds is 4. The standard InChI is InChI=1S/C14H11FN4O2/c1-9-4-5-17-14(13(9)19(20)21)18-8-11-3-2-10(7-16)6-12(11)15/h2-6H,8H2,1H3,(H,17,18). The highest BCUT2D eigenvalue weighted by Gasteiger charge is 2.18. The molecule has 0 spiro atoms. The summed E-state index contributed by atoms with van der Waals surface area (Å²) in [6.07, 6.45) is 1.44.